The van der Waals surface area contributed by atoms with Crippen LogP contribution in [0.15, 0.2) is 24.3 Å². The number of hydrogen-bond donors (Lipinski definition) is 1. The average molecular weight is 392 g/mol. The molecule has 2 aromatic heterocycles. The second kappa shape index (κ2) is 6.47. The Hall–Kier alpha value is -2.57. The number of aromatic nitrogens is 5. The van der Waals surface area contributed by atoms with Gasteiger partial charge < -0.3 is 5.32 Å². The van der Waals surface area contributed by atoms with E-state index in [9.17, 15) is 4.39 Å². The highest BCUT2D eigenvalue weighted by Crippen LogP contribution is 2.54. The van der Waals surface area contributed by atoms with Gasteiger partial charge in [-0.2, -0.15) is 0 Å². The summed E-state index contributed by atoms with van der Waals surface area (Å²) in [6.07, 6.45) is 6.83. The maximum Gasteiger partial charge on any atom is 0.184 e. The Balaban J connectivity index is 1.33. The molecule has 3 aromatic rings. The molecule has 7 rings (SSSR count). The molecule has 0 amide bonds. The summed E-state index contributed by atoms with van der Waals surface area (Å²) in [6, 6.07) is 7.23. The van der Waals surface area contributed by atoms with Crippen molar-refractivity contribution >= 4 is 17.0 Å². The Labute approximate surface area is 168 Å². The lowest BCUT2D eigenvalue weighted by Crippen LogP contribution is -2.51. The smallest absolute Gasteiger partial charge is 0.184 e. The predicted octanol–water partition coefficient (Wildman–Crippen LogP) is 3.95. The Morgan fingerprint density at radius 3 is 2.48 bits per heavy atom. The third-order valence-electron chi connectivity index (χ3n) is 7.28. The van der Waals surface area contributed by atoms with Gasteiger partial charge in [-0.05, 0) is 68.8 Å². The molecule has 29 heavy (non-hydrogen) atoms. The number of anilines is 1. The summed E-state index contributed by atoms with van der Waals surface area (Å²) in [5.41, 5.74) is 1.92. The molecule has 0 aliphatic heterocycles. The Morgan fingerprint density at radius 2 is 1.76 bits per heavy atom. The van der Waals surface area contributed by atoms with E-state index in [-0.39, 0.29) is 5.82 Å². The molecule has 0 spiro atoms. The number of benzene rings is 1. The zero-order valence-electron chi connectivity index (χ0n) is 16.6. The summed E-state index contributed by atoms with van der Waals surface area (Å²) in [7, 11) is 0. The first-order chi connectivity index (χ1) is 14.1. The summed E-state index contributed by atoms with van der Waals surface area (Å²) in [6.45, 7) is 2.19. The summed E-state index contributed by atoms with van der Waals surface area (Å²) >= 11 is 0. The van der Waals surface area contributed by atoms with Crippen molar-refractivity contribution in [2.75, 3.05) is 5.32 Å². The van der Waals surface area contributed by atoms with Gasteiger partial charge in [0.2, 0.25) is 0 Å². The third-order valence-corrected chi connectivity index (χ3v) is 7.28. The van der Waals surface area contributed by atoms with E-state index in [2.05, 4.69) is 25.6 Å². The van der Waals surface area contributed by atoms with Crippen LogP contribution in [0.1, 0.15) is 43.5 Å². The fourth-order valence-electron chi connectivity index (χ4n) is 6.28. The van der Waals surface area contributed by atoms with Crippen LogP contribution < -0.4 is 5.32 Å². The molecule has 0 saturated heterocycles. The van der Waals surface area contributed by atoms with Gasteiger partial charge in [0.05, 0.1) is 6.54 Å². The van der Waals surface area contributed by atoms with Gasteiger partial charge in [0.15, 0.2) is 17.0 Å². The minimum atomic E-state index is -0.242. The molecule has 4 aliphatic rings. The van der Waals surface area contributed by atoms with E-state index in [4.69, 9.17) is 0 Å². The van der Waals surface area contributed by atoms with Crippen LogP contribution in [-0.4, -0.2) is 31.0 Å². The molecular formula is C22H25FN6. The summed E-state index contributed by atoms with van der Waals surface area (Å²) in [5, 5.41) is 12.4. The fourth-order valence-corrected chi connectivity index (χ4v) is 6.28. The van der Waals surface area contributed by atoms with Crippen LogP contribution in [0.2, 0.25) is 0 Å². The van der Waals surface area contributed by atoms with Gasteiger partial charge in [-0.15, -0.1) is 5.10 Å². The quantitative estimate of drug-likeness (QED) is 0.728. The van der Waals surface area contributed by atoms with E-state index in [1.54, 1.807) is 16.8 Å². The highest BCUT2D eigenvalue weighted by atomic mass is 19.1. The molecule has 4 fully saturated rings. The van der Waals surface area contributed by atoms with E-state index >= 15 is 0 Å². The molecule has 2 heterocycles. The standard InChI is InChI=1S/C22H25FN6/c1-12-24-21(26-19-16-7-13-6-14(9-16)10-17(19)8-13)20-22(25-12)29(28-27-20)11-15-4-2-3-5-18(15)23/h2-5,13-14,16-17,19H,6-11H2,1H3,(H,24,25,26). The number of halogens is 1. The van der Waals surface area contributed by atoms with Gasteiger partial charge in [0.1, 0.15) is 11.6 Å². The molecule has 1 N–H and O–H groups in total. The molecule has 4 aliphatic carbocycles. The highest BCUT2D eigenvalue weighted by molar-refractivity contribution is 5.82. The monoisotopic (exact) mass is 392 g/mol. The lowest BCUT2D eigenvalue weighted by Gasteiger charge is -2.54. The first-order valence-corrected chi connectivity index (χ1v) is 10.7. The normalized spacial score (nSPS) is 30.2. The largest absolute Gasteiger partial charge is 0.365 e. The van der Waals surface area contributed by atoms with Crippen LogP contribution in [0.25, 0.3) is 11.2 Å². The van der Waals surface area contributed by atoms with Gasteiger partial charge in [-0.1, -0.05) is 23.4 Å². The van der Waals surface area contributed by atoms with Crippen molar-refractivity contribution < 1.29 is 4.39 Å². The summed E-state index contributed by atoms with van der Waals surface area (Å²) in [5.74, 6) is 4.57. The third kappa shape index (κ3) is 2.90. The second-order valence-electron chi connectivity index (χ2n) is 9.23. The molecule has 0 radical (unpaired) electrons. The Morgan fingerprint density at radius 1 is 1.03 bits per heavy atom. The lowest BCUT2D eigenvalue weighted by molar-refractivity contribution is 0.00745. The Bertz CT molecular complexity index is 1050. The van der Waals surface area contributed by atoms with Crippen molar-refractivity contribution in [2.45, 2.75) is 51.6 Å². The van der Waals surface area contributed by atoms with Crippen LogP contribution in [0.5, 0.6) is 0 Å². The minimum absolute atomic E-state index is 0.242. The molecule has 7 heteroatoms. The topological polar surface area (TPSA) is 68.5 Å². The van der Waals surface area contributed by atoms with Crippen molar-refractivity contribution in [3.8, 4) is 0 Å². The van der Waals surface area contributed by atoms with E-state index < -0.39 is 0 Å². The number of aryl methyl sites for hydroxylation is 1. The van der Waals surface area contributed by atoms with Gasteiger partial charge in [0, 0.05) is 11.6 Å². The molecule has 1 aromatic carbocycles. The van der Waals surface area contributed by atoms with Crippen LogP contribution in [0.4, 0.5) is 10.2 Å². The van der Waals surface area contributed by atoms with Crippen LogP contribution in [0.3, 0.4) is 0 Å². The SMILES string of the molecule is Cc1nc(NC2C3CC4CC(C3)CC2C4)c2nnn(Cc3ccccc3F)c2n1. The van der Waals surface area contributed by atoms with Crippen LogP contribution in [-0.2, 0) is 6.54 Å². The first kappa shape index (κ1) is 17.3. The molecule has 150 valence electrons. The van der Waals surface area contributed by atoms with Crippen molar-refractivity contribution in [1.82, 2.24) is 25.0 Å². The van der Waals surface area contributed by atoms with Crippen LogP contribution in [0, 0.1) is 36.4 Å². The van der Waals surface area contributed by atoms with Crippen LogP contribution >= 0.6 is 0 Å². The van der Waals surface area contributed by atoms with E-state index in [0.717, 1.165) is 29.5 Å². The minimum Gasteiger partial charge on any atom is -0.365 e. The first-order valence-electron chi connectivity index (χ1n) is 10.7. The highest BCUT2D eigenvalue weighted by Gasteiger charge is 2.48. The molecular weight excluding hydrogens is 367 g/mol. The number of nitrogens with zero attached hydrogens (tertiary/aromatic N) is 5. The number of nitrogens with one attached hydrogen (secondary N) is 1. The van der Waals surface area contributed by atoms with Gasteiger partial charge in [0.25, 0.3) is 0 Å². The van der Waals surface area contributed by atoms with E-state index in [0.29, 0.717) is 35.1 Å². The molecule has 6 nitrogen and oxygen atoms in total. The maximum atomic E-state index is 14.1. The molecule has 0 atom stereocenters. The van der Waals surface area contributed by atoms with Crippen molar-refractivity contribution in [3.63, 3.8) is 0 Å². The van der Waals surface area contributed by atoms with Crippen molar-refractivity contribution in [1.29, 1.82) is 0 Å². The molecule has 0 unspecified atom stereocenters. The molecule has 4 bridgehead atoms. The zero-order chi connectivity index (χ0) is 19.5. The summed E-state index contributed by atoms with van der Waals surface area (Å²) in [4.78, 5) is 9.25. The van der Waals surface area contributed by atoms with Crippen molar-refractivity contribution in [2.24, 2.45) is 23.7 Å². The Kier molecular flexibility index (Phi) is 3.86. The van der Waals surface area contributed by atoms with E-state index in [1.165, 1.54) is 38.2 Å². The second-order valence-corrected chi connectivity index (χ2v) is 9.23. The summed E-state index contributed by atoms with van der Waals surface area (Å²) < 4.78 is 15.8. The van der Waals surface area contributed by atoms with Gasteiger partial charge >= 0.3 is 0 Å². The maximum absolute atomic E-state index is 14.1. The average Bonchev–Trinajstić information content (AvgIpc) is 3.08. The number of rotatable bonds is 4. The predicted molar refractivity (Wildman–Crippen MR) is 108 cm³/mol. The van der Waals surface area contributed by atoms with Gasteiger partial charge in [-0.3, -0.25) is 0 Å². The zero-order valence-corrected chi connectivity index (χ0v) is 16.6. The van der Waals surface area contributed by atoms with Crippen molar-refractivity contribution in [3.05, 3.63) is 41.5 Å². The fraction of sp³-hybridized carbons (Fsp3) is 0.545. The number of hydrogen-bond acceptors (Lipinski definition) is 5. The molecule has 4 saturated carbocycles. The van der Waals surface area contributed by atoms with Gasteiger partial charge in [-0.25, -0.2) is 19.0 Å². The van der Waals surface area contributed by atoms with E-state index in [1.807, 2.05) is 13.0 Å². The lowest BCUT2D eigenvalue weighted by atomic mass is 9.54. The number of fused-ring (bicyclic) bond motifs is 1.